The lowest BCUT2D eigenvalue weighted by molar-refractivity contribution is -0.167. The molecule has 0 amide bonds. The summed E-state index contributed by atoms with van der Waals surface area (Å²) in [4.78, 5) is 38.3. The van der Waals surface area contributed by atoms with Crippen molar-refractivity contribution in [1.29, 1.82) is 0 Å². The Balaban J connectivity index is 4.43. The molecule has 0 aliphatic heterocycles. The lowest BCUT2D eigenvalue weighted by atomic mass is 10.0. The first-order valence-electron chi connectivity index (χ1n) is 31.7. The van der Waals surface area contributed by atoms with E-state index in [1.165, 1.54) is 148 Å². The highest BCUT2D eigenvalue weighted by Crippen LogP contribution is 2.16. The van der Waals surface area contributed by atoms with Gasteiger partial charge in [0.15, 0.2) is 6.10 Å². The molecular weight excluding hydrogens is 925 g/mol. The van der Waals surface area contributed by atoms with E-state index in [1.807, 2.05) is 0 Å². The molecule has 0 aromatic rings. The van der Waals surface area contributed by atoms with Crippen LogP contribution >= 0.6 is 0 Å². The first kappa shape index (κ1) is 71.3. The predicted octanol–water partition coefficient (Wildman–Crippen LogP) is 21.7. The van der Waals surface area contributed by atoms with Crippen LogP contribution in [0.3, 0.4) is 0 Å². The van der Waals surface area contributed by atoms with Crippen molar-refractivity contribution < 1.29 is 28.6 Å². The van der Waals surface area contributed by atoms with Crippen molar-refractivity contribution >= 4 is 17.9 Å². The molecule has 0 aliphatic rings. The maximum atomic E-state index is 12.9. The highest BCUT2D eigenvalue weighted by molar-refractivity contribution is 5.71. The molecule has 0 spiro atoms. The molecule has 1 atom stereocenters. The molecule has 0 aromatic carbocycles. The molecule has 0 N–H and O–H groups in total. The van der Waals surface area contributed by atoms with Gasteiger partial charge in [0, 0.05) is 19.3 Å². The maximum Gasteiger partial charge on any atom is 0.306 e. The van der Waals surface area contributed by atoms with E-state index in [9.17, 15) is 14.4 Å². The Morgan fingerprint density at radius 1 is 0.280 bits per heavy atom. The Morgan fingerprint density at radius 2 is 0.520 bits per heavy atom. The molecule has 0 heterocycles. The van der Waals surface area contributed by atoms with Crippen LogP contribution in [0.1, 0.15) is 303 Å². The van der Waals surface area contributed by atoms with E-state index in [0.29, 0.717) is 12.8 Å². The summed E-state index contributed by atoms with van der Waals surface area (Å²) in [6, 6.07) is 0. The second-order valence-electron chi connectivity index (χ2n) is 20.9. The molecule has 0 aliphatic carbocycles. The van der Waals surface area contributed by atoms with E-state index in [4.69, 9.17) is 14.2 Å². The van der Waals surface area contributed by atoms with Gasteiger partial charge in [-0.05, 0) is 103 Å². The first-order chi connectivity index (χ1) is 37.0. The van der Waals surface area contributed by atoms with Gasteiger partial charge in [0.2, 0.25) is 0 Å². The highest BCUT2D eigenvalue weighted by Gasteiger charge is 2.19. The lowest BCUT2D eigenvalue weighted by Crippen LogP contribution is -2.30. The number of hydrogen-bond acceptors (Lipinski definition) is 6. The van der Waals surface area contributed by atoms with Crippen LogP contribution in [0.4, 0.5) is 0 Å². The van der Waals surface area contributed by atoms with Gasteiger partial charge < -0.3 is 14.2 Å². The summed E-state index contributed by atoms with van der Waals surface area (Å²) in [5.41, 5.74) is 0. The molecule has 0 aromatic heterocycles. The summed E-state index contributed by atoms with van der Waals surface area (Å²) in [5, 5.41) is 0. The molecular formula is C69H118O6. The molecule has 6 heteroatoms. The van der Waals surface area contributed by atoms with Crippen molar-refractivity contribution in [3.63, 3.8) is 0 Å². The van der Waals surface area contributed by atoms with Crippen LogP contribution in [0.25, 0.3) is 0 Å². The molecule has 0 saturated carbocycles. The third-order valence-electron chi connectivity index (χ3n) is 13.6. The average Bonchev–Trinajstić information content (AvgIpc) is 3.41. The van der Waals surface area contributed by atoms with Crippen LogP contribution in [0.15, 0.2) is 97.2 Å². The molecule has 0 rings (SSSR count). The number of carbonyl (C=O) groups is 3. The summed E-state index contributed by atoms with van der Waals surface area (Å²) in [5.74, 6) is -0.921. The number of hydrogen-bond donors (Lipinski definition) is 0. The minimum absolute atomic E-state index is 0.0915. The third-order valence-corrected chi connectivity index (χ3v) is 13.6. The van der Waals surface area contributed by atoms with E-state index >= 15 is 0 Å². The standard InChI is InChI=1S/C69H118O6/c1-4-7-10-13-16-19-22-25-28-30-32-33-34-35-37-38-41-44-47-50-53-56-59-62-68(71)74-65-66(64-73-67(70)61-58-55-52-49-46-43-40-27-24-21-18-15-12-9-6-3)75-69(72)63-60-57-54-51-48-45-42-39-36-31-29-26-23-20-17-14-11-8-5-2/h8,11,17,20,22,25-26,29-30,32,34-36,39,45,48,66H,4-7,9-10,12-16,18-19,21,23-24,27-28,31,33,37-38,40-44,46-47,49-65H2,1-3H3/b11-8-,20-17-,25-22-,29-26-,32-30-,35-34-,39-36-,48-45-. The topological polar surface area (TPSA) is 78.9 Å². The van der Waals surface area contributed by atoms with E-state index in [1.54, 1.807) is 0 Å². The largest absolute Gasteiger partial charge is 0.462 e. The monoisotopic (exact) mass is 1040 g/mol. The minimum Gasteiger partial charge on any atom is -0.462 e. The van der Waals surface area contributed by atoms with E-state index in [2.05, 4.69) is 118 Å². The Bertz CT molecular complexity index is 1480. The smallest absolute Gasteiger partial charge is 0.306 e. The summed E-state index contributed by atoms with van der Waals surface area (Å²) < 4.78 is 16.9. The molecule has 1 unspecified atom stereocenters. The maximum absolute atomic E-state index is 12.9. The Morgan fingerprint density at radius 3 is 0.827 bits per heavy atom. The van der Waals surface area contributed by atoms with Gasteiger partial charge in [-0.15, -0.1) is 0 Å². The fourth-order valence-electron chi connectivity index (χ4n) is 8.83. The number of allylic oxidation sites excluding steroid dienone is 16. The van der Waals surface area contributed by atoms with E-state index < -0.39 is 6.10 Å². The van der Waals surface area contributed by atoms with Gasteiger partial charge in [-0.2, -0.15) is 0 Å². The number of carbonyl (C=O) groups excluding carboxylic acids is 3. The molecule has 430 valence electrons. The quantitative estimate of drug-likeness (QED) is 0.0261. The van der Waals surface area contributed by atoms with Gasteiger partial charge in [0.1, 0.15) is 13.2 Å². The Kier molecular flexibility index (Phi) is 59.8. The van der Waals surface area contributed by atoms with E-state index in [-0.39, 0.29) is 37.5 Å². The van der Waals surface area contributed by atoms with E-state index in [0.717, 1.165) is 116 Å². The van der Waals surface area contributed by atoms with Crippen molar-refractivity contribution in [2.75, 3.05) is 13.2 Å². The normalized spacial score (nSPS) is 12.7. The SMILES string of the molecule is CC/C=C\C/C=C\C/C=C\C/C=C\C/C=C\CCCCCC(=O)OC(COC(=O)CCCCCCCCCC/C=C\C/C=C\C/C=C\CCCCCCC)COC(=O)CCCCCCCCCCCCCCCCC. The van der Waals surface area contributed by atoms with Crippen LogP contribution in [0.2, 0.25) is 0 Å². The Labute approximate surface area is 464 Å². The van der Waals surface area contributed by atoms with Crippen LogP contribution in [0, 0.1) is 0 Å². The van der Waals surface area contributed by atoms with Gasteiger partial charge >= 0.3 is 17.9 Å². The number of esters is 3. The van der Waals surface area contributed by atoms with Gasteiger partial charge in [0.25, 0.3) is 0 Å². The van der Waals surface area contributed by atoms with Crippen molar-refractivity contribution in [3.05, 3.63) is 97.2 Å². The second-order valence-corrected chi connectivity index (χ2v) is 20.9. The highest BCUT2D eigenvalue weighted by atomic mass is 16.6. The van der Waals surface area contributed by atoms with Gasteiger partial charge in [0.05, 0.1) is 0 Å². The van der Waals surface area contributed by atoms with Crippen LogP contribution in [-0.2, 0) is 28.6 Å². The van der Waals surface area contributed by atoms with Gasteiger partial charge in [-0.25, -0.2) is 0 Å². The average molecular weight is 1040 g/mol. The predicted molar refractivity (Wildman–Crippen MR) is 325 cm³/mol. The molecule has 0 saturated heterocycles. The number of ether oxygens (including phenoxy) is 3. The summed E-state index contributed by atoms with van der Waals surface area (Å²) in [6.45, 7) is 6.51. The number of unbranched alkanes of at least 4 members (excludes halogenated alkanes) is 30. The second kappa shape index (κ2) is 62.9. The molecule has 0 fully saturated rings. The Hall–Kier alpha value is -3.67. The fraction of sp³-hybridized carbons (Fsp3) is 0.725. The number of rotatable bonds is 57. The summed E-state index contributed by atoms with van der Waals surface area (Å²) in [7, 11) is 0. The zero-order valence-corrected chi connectivity index (χ0v) is 49.3. The zero-order valence-electron chi connectivity index (χ0n) is 49.3. The van der Waals surface area contributed by atoms with Gasteiger partial charge in [-0.3, -0.25) is 14.4 Å². The molecule has 0 radical (unpaired) electrons. The van der Waals surface area contributed by atoms with Crippen molar-refractivity contribution in [3.8, 4) is 0 Å². The molecule has 6 nitrogen and oxygen atoms in total. The van der Waals surface area contributed by atoms with Gasteiger partial charge in [-0.1, -0.05) is 279 Å². The summed E-state index contributed by atoms with van der Waals surface area (Å²) in [6.07, 6.45) is 84.0. The van der Waals surface area contributed by atoms with Crippen molar-refractivity contribution in [1.82, 2.24) is 0 Å². The summed E-state index contributed by atoms with van der Waals surface area (Å²) >= 11 is 0. The minimum atomic E-state index is -0.799. The third kappa shape index (κ3) is 61.1. The van der Waals surface area contributed by atoms with Crippen LogP contribution in [-0.4, -0.2) is 37.2 Å². The van der Waals surface area contributed by atoms with Crippen LogP contribution in [0.5, 0.6) is 0 Å². The van der Waals surface area contributed by atoms with Crippen LogP contribution < -0.4 is 0 Å². The molecule has 75 heavy (non-hydrogen) atoms. The fourth-order valence-corrected chi connectivity index (χ4v) is 8.83. The van der Waals surface area contributed by atoms with Crippen molar-refractivity contribution in [2.24, 2.45) is 0 Å². The lowest BCUT2D eigenvalue weighted by Gasteiger charge is -2.18. The molecule has 0 bridgehead atoms. The first-order valence-corrected chi connectivity index (χ1v) is 31.7. The zero-order chi connectivity index (χ0) is 54.3. The van der Waals surface area contributed by atoms with Crippen molar-refractivity contribution in [2.45, 2.75) is 309 Å².